The number of hydrogen-bond donors (Lipinski definition) is 2. The van der Waals surface area contributed by atoms with Crippen molar-refractivity contribution in [2.75, 3.05) is 0 Å². The molecular weight excluding hydrogens is 336 g/mol. The van der Waals surface area contributed by atoms with Gasteiger partial charge in [-0.3, -0.25) is 0 Å². The van der Waals surface area contributed by atoms with Gasteiger partial charge in [-0.05, 0) is 80.6 Å². The van der Waals surface area contributed by atoms with E-state index in [-0.39, 0.29) is 17.4 Å². The van der Waals surface area contributed by atoms with Crippen LogP contribution in [0.4, 0.5) is 0 Å². The van der Waals surface area contributed by atoms with Gasteiger partial charge in [0.05, 0.1) is 17.6 Å². The molecule has 0 bridgehead atoms. The van der Waals surface area contributed by atoms with Crippen LogP contribution in [0.15, 0.2) is 11.1 Å². The van der Waals surface area contributed by atoms with Crippen molar-refractivity contribution in [2.24, 2.45) is 23.2 Å². The molecule has 3 heteroatoms. The Labute approximate surface area is 160 Å². The molecule has 4 rings (SSSR count). The van der Waals surface area contributed by atoms with Crippen LogP contribution in [-0.4, -0.2) is 30.0 Å². The molecule has 1 unspecified atom stereocenters. The molecule has 0 aromatic heterocycles. The molecule has 0 radical (unpaired) electrons. The Morgan fingerprint density at radius 3 is 2.54 bits per heavy atom. The van der Waals surface area contributed by atoms with E-state index in [2.05, 4.69) is 38.0 Å². The first kappa shape index (κ1) is 18.8. The molecule has 0 aliphatic heterocycles. The van der Waals surface area contributed by atoms with Gasteiger partial charge >= 0.3 is 0 Å². The van der Waals surface area contributed by atoms with E-state index in [9.17, 15) is 10.2 Å². The highest BCUT2D eigenvalue weighted by molar-refractivity contribution is 6.83. The number of fused-ring (bicyclic) bond motifs is 4. The van der Waals surface area contributed by atoms with Crippen molar-refractivity contribution in [1.29, 1.82) is 0 Å². The van der Waals surface area contributed by atoms with Crippen LogP contribution in [0.5, 0.6) is 0 Å². The van der Waals surface area contributed by atoms with E-state index in [1.54, 1.807) is 5.57 Å². The van der Waals surface area contributed by atoms with E-state index in [0.29, 0.717) is 11.8 Å². The second-order valence-corrected chi connectivity index (χ2v) is 15.5. The first-order valence-corrected chi connectivity index (χ1v) is 14.3. The molecule has 4 aliphatic carbocycles. The molecule has 3 fully saturated rings. The Hall–Kier alpha value is -0.563. The summed E-state index contributed by atoms with van der Waals surface area (Å²) in [4.78, 5) is 0. The second kappa shape index (κ2) is 6.22. The molecular formula is C23H36O2Si. The third-order valence-electron chi connectivity index (χ3n) is 8.09. The molecule has 0 spiro atoms. The maximum Gasteiger partial charge on any atom is 0.129 e. The fraction of sp³-hybridized carbons (Fsp3) is 0.826. The van der Waals surface area contributed by atoms with Crippen LogP contribution in [0.25, 0.3) is 0 Å². The zero-order valence-electron chi connectivity index (χ0n) is 17.1. The zero-order chi connectivity index (χ0) is 18.7. The molecule has 0 saturated heterocycles. The lowest BCUT2D eigenvalue weighted by Crippen LogP contribution is -2.50. The molecule has 4 aliphatic rings. The van der Waals surface area contributed by atoms with Crippen LogP contribution in [-0.2, 0) is 0 Å². The van der Waals surface area contributed by atoms with Gasteiger partial charge in [0, 0.05) is 0 Å². The fourth-order valence-corrected chi connectivity index (χ4v) is 7.23. The first-order valence-electron chi connectivity index (χ1n) is 10.8. The Kier molecular flexibility index (Phi) is 4.50. The second-order valence-electron chi connectivity index (χ2n) is 10.7. The summed E-state index contributed by atoms with van der Waals surface area (Å²) in [5, 5.41) is 22.3. The first-order chi connectivity index (χ1) is 12.2. The van der Waals surface area contributed by atoms with E-state index in [1.165, 1.54) is 12.0 Å². The van der Waals surface area contributed by atoms with Crippen molar-refractivity contribution in [2.45, 2.75) is 96.1 Å². The van der Waals surface area contributed by atoms with E-state index in [0.717, 1.165) is 51.4 Å². The summed E-state index contributed by atoms with van der Waals surface area (Å²) in [6.07, 6.45) is 9.44. The van der Waals surface area contributed by atoms with Crippen LogP contribution < -0.4 is 0 Å². The van der Waals surface area contributed by atoms with Crippen molar-refractivity contribution in [3.05, 3.63) is 11.1 Å². The van der Waals surface area contributed by atoms with Crippen LogP contribution >= 0.6 is 0 Å². The molecule has 6 atom stereocenters. The van der Waals surface area contributed by atoms with Crippen LogP contribution in [0.3, 0.4) is 0 Å². The highest BCUT2D eigenvalue weighted by Crippen LogP contribution is 2.61. The summed E-state index contributed by atoms with van der Waals surface area (Å²) in [6.45, 7) is 9.18. The minimum absolute atomic E-state index is 0.107. The third kappa shape index (κ3) is 2.84. The van der Waals surface area contributed by atoms with Gasteiger partial charge in [-0.25, -0.2) is 0 Å². The number of rotatable bonds is 0. The SMILES string of the molecule is C[C@]12CCC3=C4CCCC(C#C[Si](C)(C)C)[C@]4(O)CC[C@H]3[C@@H]1CC[C@@H]2O. The van der Waals surface area contributed by atoms with Gasteiger partial charge in [0.2, 0.25) is 0 Å². The van der Waals surface area contributed by atoms with Crippen molar-refractivity contribution in [3.8, 4) is 11.5 Å². The summed E-state index contributed by atoms with van der Waals surface area (Å²) in [7, 11) is -1.42. The Balaban J connectivity index is 1.69. The number of aliphatic hydroxyl groups is 2. The van der Waals surface area contributed by atoms with Crippen LogP contribution in [0.2, 0.25) is 19.6 Å². The largest absolute Gasteiger partial charge is 0.393 e. The number of allylic oxidation sites excluding steroid dienone is 1. The lowest BCUT2D eigenvalue weighted by Gasteiger charge is -2.53. The van der Waals surface area contributed by atoms with Gasteiger partial charge in [0.25, 0.3) is 0 Å². The maximum atomic E-state index is 11.7. The topological polar surface area (TPSA) is 40.5 Å². The molecule has 26 heavy (non-hydrogen) atoms. The van der Waals surface area contributed by atoms with Gasteiger partial charge in [0.1, 0.15) is 8.07 Å². The molecule has 2 nitrogen and oxygen atoms in total. The quantitative estimate of drug-likeness (QED) is 0.368. The van der Waals surface area contributed by atoms with Gasteiger partial charge in [-0.15, -0.1) is 11.5 Å². The Morgan fingerprint density at radius 1 is 1.04 bits per heavy atom. The van der Waals surface area contributed by atoms with Crippen molar-refractivity contribution in [1.82, 2.24) is 0 Å². The standard InChI is InChI=1S/C23H36O2Si/c1-22-13-10-18-17(19(22)8-9-21(22)24)11-14-23(25)16(6-5-7-20(18)23)12-15-26(2,3)4/h16-17,19,21,24-25H,5-11,13-14H2,1-4H3/t16?,17-,19+,21+,22+,23-/m1/s1. The predicted octanol–water partition coefficient (Wildman–Crippen LogP) is 4.68. The average Bonchev–Trinajstić information content (AvgIpc) is 2.87. The summed E-state index contributed by atoms with van der Waals surface area (Å²) >= 11 is 0. The van der Waals surface area contributed by atoms with E-state index < -0.39 is 13.7 Å². The minimum Gasteiger partial charge on any atom is -0.393 e. The van der Waals surface area contributed by atoms with Gasteiger partial charge < -0.3 is 10.2 Å². The molecule has 2 N–H and O–H groups in total. The number of hydrogen-bond acceptors (Lipinski definition) is 2. The zero-order valence-corrected chi connectivity index (χ0v) is 18.1. The lowest BCUT2D eigenvalue weighted by molar-refractivity contribution is -0.0331. The maximum absolute atomic E-state index is 11.7. The monoisotopic (exact) mass is 372 g/mol. The molecule has 0 amide bonds. The van der Waals surface area contributed by atoms with E-state index in [1.807, 2.05) is 0 Å². The van der Waals surface area contributed by atoms with Gasteiger partial charge in [-0.2, -0.15) is 0 Å². The van der Waals surface area contributed by atoms with E-state index >= 15 is 0 Å². The highest BCUT2D eigenvalue weighted by Gasteiger charge is 2.56. The van der Waals surface area contributed by atoms with Crippen LogP contribution in [0.1, 0.15) is 64.7 Å². The minimum atomic E-state index is -1.42. The molecule has 144 valence electrons. The smallest absolute Gasteiger partial charge is 0.129 e. The predicted molar refractivity (Wildman–Crippen MR) is 109 cm³/mol. The normalized spacial score (nSPS) is 45.3. The average molecular weight is 373 g/mol. The van der Waals surface area contributed by atoms with Crippen LogP contribution in [0, 0.1) is 34.6 Å². The lowest BCUT2D eigenvalue weighted by atomic mass is 9.54. The summed E-state index contributed by atoms with van der Waals surface area (Å²) < 4.78 is 0. The molecule has 0 heterocycles. The highest BCUT2D eigenvalue weighted by atomic mass is 28.3. The van der Waals surface area contributed by atoms with Crippen molar-refractivity contribution >= 4 is 8.07 Å². The van der Waals surface area contributed by atoms with Crippen molar-refractivity contribution < 1.29 is 10.2 Å². The summed E-state index contributed by atoms with van der Waals surface area (Å²) in [5.74, 6) is 4.90. The van der Waals surface area contributed by atoms with Gasteiger partial charge in [-0.1, -0.05) is 32.1 Å². The molecule has 3 saturated carbocycles. The van der Waals surface area contributed by atoms with Gasteiger partial charge in [0.15, 0.2) is 0 Å². The summed E-state index contributed by atoms with van der Waals surface area (Å²) in [5.41, 5.74) is 5.94. The fourth-order valence-electron chi connectivity index (χ4n) is 6.62. The molecule has 0 aromatic carbocycles. The molecule has 0 aromatic rings. The third-order valence-corrected chi connectivity index (χ3v) is 8.98. The van der Waals surface area contributed by atoms with Crippen molar-refractivity contribution in [3.63, 3.8) is 0 Å². The number of aliphatic hydroxyl groups excluding tert-OH is 1. The Morgan fingerprint density at radius 2 is 1.81 bits per heavy atom. The van der Waals surface area contributed by atoms with E-state index in [4.69, 9.17) is 0 Å². The Bertz CT molecular complexity index is 679. The summed E-state index contributed by atoms with van der Waals surface area (Å²) in [6, 6.07) is 0.